The van der Waals surface area contributed by atoms with Crippen LogP contribution in [0.15, 0.2) is 54.6 Å². The number of hydrogen-bond acceptors (Lipinski definition) is 4. The molecule has 2 heterocycles. The van der Waals surface area contributed by atoms with Gasteiger partial charge >= 0.3 is 0 Å². The predicted octanol–water partition coefficient (Wildman–Crippen LogP) is 2.28. The lowest BCUT2D eigenvalue weighted by Gasteiger charge is -2.32. The highest BCUT2D eigenvalue weighted by molar-refractivity contribution is 6.30. The van der Waals surface area contributed by atoms with E-state index in [1.807, 2.05) is 52.3 Å². The lowest BCUT2D eigenvalue weighted by Crippen LogP contribution is -2.57. The van der Waals surface area contributed by atoms with Gasteiger partial charge in [-0.05, 0) is 29.8 Å². The minimum atomic E-state index is -0.271. The largest absolute Gasteiger partial charge is 0.338 e. The first-order valence-corrected chi connectivity index (χ1v) is 10.8. The van der Waals surface area contributed by atoms with E-state index in [2.05, 4.69) is 10.6 Å². The van der Waals surface area contributed by atoms with Crippen molar-refractivity contribution in [2.45, 2.75) is 19.0 Å². The first-order valence-electron chi connectivity index (χ1n) is 10.4. The zero-order valence-electron chi connectivity index (χ0n) is 16.9. The van der Waals surface area contributed by atoms with Crippen LogP contribution in [0.3, 0.4) is 0 Å². The molecular weight excluding hydrogens is 400 g/mol. The molecule has 7 heteroatoms. The third kappa shape index (κ3) is 5.01. The molecule has 2 saturated heterocycles. The minimum Gasteiger partial charge on any atom is -0.338 e. The van der Waals surface area contributed by atoms with Crippen LogP contribution in [0.5, 0.6) is 0 Å². The van der Waals surface area contributed by atoms with E-state index >= 15 is 0 Å². The molecular formula is C23H27ClN4O2. The first-order chi connectivity index (χ1) is 14.6. The zero-order chi connectivity index (χ0) is 20.9. The molecule has 2 aromatic carbocycles. The van der Waals surface area contributed by atoms with Gasteiger partial charge in [-0.15, -0.1) is 0 Å². The maximum absolute atomic E-state index is 13.3. The summed E-state index contributed by atoms with van der Waals surface area (Å²) in [5.41, 5.74) is 1.93. The summed E-state index contributed by atoms with van der Waals surface area (Å²) in [6.07, 6.45) is 0.459. The van der Waals surface area contributed by atoms with Gasteiger partial charge in [0.15, 0.2) is 0 Å². The second-order valence-corrected chi connectivity index (χ2v) is 8.40. The molecule has 4 rings (SSSR count). The Labute approximate surface area is 182 Å². The van der Waals surface area contributed by atoms with Gasteiger partial charge in [0.1, 0.15) is 0 Å². The molecule has 2 fully saturated rings. The van der Waals surface area contributed by atoms with Crippen LogP contribution in [-0.4, -0.2) is 55.5 Å². The number of amides is 2. The lowest BCUT2D eigenvalue weighted by atomic mass is 10.1. The number of carbonyl (C=O) groups is 2. The normalized spacial score (nSPS) is 21.6. The van der Waals surface area contributed by atoms with Gasteiger partial charge in [0.05, 0.1) is 6.04 Å². The molecule has 0 aliphatic carbocycles. The summed E-state index contributed by atoms with van der Waals surface area (Å²) in [6.45, 7) is 4.00. The van der Waals surface area contributed by atoms with Gasteiger partial charge in [-0.2, -0.15) is 0 Å². The van der Waals surface area contributed by atoms with Crippen LogP contribution in [0, 0.1) is 5.92 Å². The fourth-order valence-corrected chi connectivity index (χ4v) is 4.28. The average molecular weight is 427 g/mol. The highest BCUT2D eigenvalue weighted by atomic mass is 35.5. The van der Waals surface area contributed by atoms with Crippen molar-refractivity contribution in [3.05, 3.63) is 65.2 Å². The number of piperazine rings is 1. The third-order valence-electron chi connectivity index (χ3n) is 5.70. The van der Waals surface area contributed by atoms with Gasteiger partial charge in [-0.25, -0.2) is 0 Å². The number of rotatable bonds is 6. The average Bonchev–Trinajstić information content (AvgIpc) is 3.12. The Balaban J connectivity index is 1.48. The van der Waals surface area contributed by atoms with Gasteiger partial charge in [0.25, 0.3) is 0 Å². The molecule has 2 amide bonds. The van der Waals surface area contributed by atoms with E-state index in [-0.39, 0.29) is 23.8 Å². The SMILES string of the molecule is O=C1CC(CN(C(=O)C2CNCCN2)c2ccc(Cl)cc2)CN1Cc1ccccc1. The number of hydrogen-bond donors (Lipinski definition) is 2. The van der Waals surface area contributed by atoms with Crippen molar-refractivity contribution in [1.82, 2.24) is 15.5 Å². The van der Waals surface area contributed by atoms with Gasteiger partial charge in [0, 0.05) is 62.3 Å². The van der Waals surface area contributed by atoms with E-state index in [0.717, 1.165) is 24.3 Å². The molecule has 0 spiro atoms. The molecule has 2 aliphatic rings. The highest BCUT2D eigenvalue weighted by Gasteiger charge is 2.34. The molecule has 2 unspecified atom stereocenters. The fourth-order valence-electron chi connectivity index (χ4n) is 4.15. The Morgan fingerprint density at radius 3 is 2.57 bits per heavy atom. The van der Waals surface area contributed by atoms with E-state index < -0.39 is 0 Å². The Morgan fingerprint density at radius 2 is 1.87 bits per heavy atom. The summed E-state index contributed by atoms with van der Waals surface area (Å²) >= 11 is 6.05. The summed E-state index contributed by atoms with van der Waals surface area (Å²) in [5.74, 6) is 0.265. The molecule has 0 bridgehead atoms. The monoisotopic (exact) mass is 426 g/mol. The highest BCUT2D eigenvalue weighted by Crippen LogP contribution is 2.25. The Kier molecular flexibility index (Phi) is 6.67. The molecule has 2 atom stereocenters. The van der Waals surface area contributed by atoms with Crippen LogP contribution in [0.4, 0.5) is 5.69 Å². The minimum absolute atomic E-state index is 0.0264. The molecule has 0 saturated carbocycles. The van der Waals surface area contributed by atoms with E-state index in [0.29, 0.717) is 37.6 Å². The van der Waals surface area contributed by atoms with Crippen molar-refractivity contribution in [3.8, 4) is 0 Å². The number of carbonyl (C=O) groups excluding carboxylic acids is 2. The summed E-state index contributed by atoms with van der Waals surface area (Å²) < 4.78 is 0. The summed E-state index contributed by atoms with van der Waals surface area (Å²) in [7, 11) is 0. The molecule has 30 heavy (non-hydrogen) atoms. The Morgan fingerprint density at radius 1 is 1.10 bits per heavy atom. The van der Waals surface area contributed by atoms with Crippen molar-refractivity contribution in [3.63, 3.8) is 0 Å². The van der Waals surface area contributed by atoms with Crippen LogP contribution in [0.2, 0.25) is 5.02 Å². The Hall–Kier alpha value is -2.41. The van der Waals surface area contributed by atoms with Gasteiger partial charge < -0.3 is 20.4 Å². The Bertz CT molecular complexity index is 869. The maximum atomic E-state index is 13.3. The molecule has 0 aromatic heterocycles. The molecule has 0 radical (unpaired) electrons. The zero-order valence-corrected chi connectivity index (χ0v) is 17.6. The number of likely N-dealkylation sites (tertiary alicyclic amines) is 1. The molecule has 2 N–H and O–H groups in total. The smallest absolute Gasteiger partial charge is 0.245 e. The van der Waals surface area contributed by atoms with Crippen molar-refractivity contribution in [2.24, 2.45) is 5.92 Å². The number of halogens is 1. The van der Waals surface area contributed by atoms with E-state index in [9.17, 15) is 9.59 Å². The number of anilines is 1. The van der Waals surface area contributed by atoms with E-state index in [1.165, 1.54) is 0 Å². The second-order valence-electron chi connectivity index (χ2n) is 7.97. The molecule has 2 aliphatic heterocycles. The topological polar surface area (TPSA) is 64.7 Å². The quantitative estimate of drug-likeness (QED) is 0.743. The standard InChI is InChI=1S/C23H27ClN4O2/c24-19-6-8-20(9-7-19)28(23(30)21-13-25-10-11-26-21)16-18-12-22(29)27(15-18)14-17-4-2-1-3-5-17/h1-9,18,21,25-26H,10-16H2. The summed E-state index contributed by atoms with van der Waals surface area (Å²) in [5, 5.41) is 7.20. The molecule has 6 nitrogen and oxygen atoms in total. The first kappa shape index (κ1) is 20.8. The summed E-state index contributed by atoms with van der Waals surface area (Å²) in [6, 6.07) is 17.1. The van der Waals surface area contributed by atoms with Crippen LogP contribution < -0.4 is 15.5 Å². The van der Waals surface area contributed by atoms with Gasteiger partial charge in [-0.3, -0.25) is 9.59 Å². The molecule has 158 valence electrons. The van der Waals surface area contributed by atoms with Gasteiger partial charge in [0.2, 0.25) is 11.8 Å². The number of benzene rings is 2. The second kappa shape index (κ2) is 9.60. The third-order valence-corrected chi connectivity index (χ3v) is 5.95. The predicted molar refractivity (Wildman–Crippen MR) is 118 cm³/mol. The van der Waals surface area contributed by atoms with E-state index in [1.54, 1.807) is 12.1 Å². The summed E-state index contributed by atoms with van der Waals surface area (Å²) in [4.78, 5) is 29.6. The number of nitrogens with one attached hydrogen (secondary N) is 2. The fraction of sp³-hybridized carbons (Fsp3) is 0.391. The van der Waals surface area contributed by atoms with Crippen LogP contribution >= 0.6 is 11.6 Å². The van der Waals surface area contributed by atoms with Crippen LogP contribution in [-0.2, 0) is 16.1 Å². The van der Waals surface area contributed by atoms with Crippen molar-refractivity contribution >= 4 is 29.1 Å². The van der Waals surface area contributed by atoms with Crippen LogP contribution in [0.25, 0.3) is 0 Å². The van der Waals surface area contributed by atoms with Crippen molar-refractivity contribution in [2.75, 3.05) is 37.6 Å². The lowest BCUT2D eigenvalue weighted by molar-refractivity contribution is -0.128. The molecule has 2 aromatic rings. The van der Waals surface area contributed by atoms with Crippen molar-refractivity contribution in [1.29, 1.82) is 0 Å². The maximum Gasteiger partial charge on any atom is 0.245 e. The van der Waals surface area contributed by atoms with Crippen molar-refractivity contribution < 1.29 is 9.59 Å². The number of nitrogens with zero attached hydrogens (tertiary/aromatic N) is 2. The van der Waals surface area contributed by atoms with Gasteiger partial charge in [-0.1, -0.05) is 41.9 Å². The van der Waals surface area contributed by atoms with Crippen LogP contribution in [0.1, 0.15) is 12.0 Å². The van der Waals surface area contributed by atoms with E-state index in [4.69, 9.17) is 11.6 Å².